The number of rotatable bonds is 5. The van der Waals surface area contributed by atoms with E-state index >= 15 is 0 Å². The average molecular weight is 185 g/mol. The van der Waals surface area contributed by atoms with Gasteiger partial charge in [0, 0.05) is 17.5 Å². The van der Waals surface area contributed by atoms with Crippen molar-refractivity contribution in [3.63, 3.8) is 0 Å². The van der Waals surface area contributed by atoms with Crippen molar-refractivity contribution in [3.8, 4) is 0 Å². The molecule has 1 atom stereocenters. The van der Waals surface area contributed by atoms with Crippen LogP contribution in [-0.4, -0.2) is 18.3 Å². The number of aliphatic hydroxyl groups is 1. The molecule has 0 aliphatic rings. The Morgan fingerprint density at radius 2 is 2.50 bits per heavy atom. The van der Waals surface area contributed by atoms with Crippen LogP contribution in [0.1, 0.15) is 24.3 Å². The summed E-state index contributed by atoms with van der Waals surface area (Å²) in [5.41, 5.74) is 0. The minimum atomic E-state index is 0.268. The summed E-state index contributed by atoms with van der Waals surface area (Å²) in [7, 11) is 0. The van der Waals surface area contributed by atoms with E-state index in [0.29, 0.717) is 6.04 Å². The highest BCUT2D eigenvalue weighted by molar-refractivity contribution is 7.10. The summed E-state index contributed by atoms with van der Waals surface area (Å²) < 4.78 is 0. The molecule has 1 aromatic rings. The van der Waals surface area contributed by atoms with Crippen LogP contribution in [0.3, 0.4) is 0 Å². The fraction of sp³-hybridized carbons (Fsp3) is 0.556. The van der Waals surface area contributed by atoms with Gasteiger partial charge in [0.05, 0.1) is 0 Å². The Morgan fingerprint density at radius 1 is 1.67 bits per heavy atom. The Labute approximate surface area is 77.2 Å². The van der Waals surface area contributed by atoms with Crippen LogP contribution in [0.5, 0.6) is 0 Å². The van der Waals surface area contributed by atoms with Crippen molar-refractivity contribution < 1.29 is 5.11 Å². The van der Waals surface area contributed by atoms with Gasteiger partial charge in [-0.1, -0.05) is 6.07 Å². The third-order valence-corrected chi connectivity index (χ3v) is 2.81. The predicted molar refractivity (Wildman–Crippen MR) is 52.4 cm³/mol. The van der Waals surface area contributed by atoms with Crippen molar-refractivity contribution in [1.82, 2.24) is 5.32 Å². The number of hydrogen-bond acceptors (Lipinski definition) is 3. The van der Waals surface area contributed by atoms with E-state index < -0.39 is 0 Å². The summed E-state index contributed by atoms with van der Waals surface area (Å²) in [6.45, 7) is 3.29. The Hall–Kier alpha value is -0.380. The quantitative estimate of drug-likeness (QED) is 0.685. The lowest BCUT2D eigenvalue weighted by Gasteiger charge is -2.10. The Bertz CT molecular complexity index is 198. The van der Waals surface area contributed by atoms with Crippen molar-refractivity contribution >= 4 is 11.3 Å². The minimum Gasteiger partial charge on any atom is -0.396 e. The van der Waals surface area contributed by atoms with Crippen molar-refractivity contribution in [2.45, 2.75) is 19.4 Å². The molecule has 0 amide bonds. The molecule has 2 N–H and O–H groups in total. The van der Waals surface area contributed by atoms with Gasteiger partial charge in [-0.05, 0) is 31.3 Å². The molecular weight excluding hydrogens is 170 g/mol. The first kappa shape index (κ1) is 9.71. The fourth-order valence-corrected chi connectivity index (χ4v) is 1.79. The molecule has 0 saturated heterocycles. The highest BCUT2D eigenvalue weighted by atomic mass is 32.1. The zero-order valence-electron chi connectivity index (χ0n) is 7.29. The van der Waals surface area contributed by atoms with Gasteiger partial charge in [0.25, 0.3) is 0 Å². The molecule has 1 aromatic heterocycles. The molecule has 0 bridgehead atoms. The summed E-state index contributed by atoms with van der Waals surface area (Å²) in [5.74, 6) is 0. The van der Waals surface area contributed by atoms with Gasteiger partial charge >= 0.3 is 0 Å². The summed E-state index contributed by atoms with van der Waals surface area (Å²) in [4.78, 5) is 1.35. The monoisotopic (exact) mass is 185 g/mol. The minimum absolute atomic E-state index is 0.268. The van der Waals surface area contributed by atoms with Gasteiger partial charge in [0.15, 0.2) is 0 Å². The summed E-state index contributed by atoms with van der Waals surface area (Å²) in [5, 5.41) is 14.0. The first-order valence-corrected chi connectivity index (χ1v) is 5.10. The molecule has 0 unspecified atom stereocenters. The average Bonchev–Trinajstić information content (AvgIpc) is 2.56. The smallest absolute Gasteiger partial charge is 0.0443 e. The van der Waals surface area contributed by atoms with Crippen LogP contribution in [0, 0.1) is 0 Å². The summed E-state index contributed by atoms with van der Waals surface area (Å²) >= 11 is 1.76. The second-order valence-electron chi connectivity index (χ2n) is 2.77. The molecule has 1 heterocycles. The van der Waals surface area contributed by atoms with E-state index in [1.165, 1.54) is 4.88 Å². The molecular formula is C9H15NOS. The molecule has 68 valence electrons. The molecule has 0 saturated carbocycles. The summed E-state index contributed by atoms with van der Waals surface area (Å²) in [6.07, 6.45) is 0.829. The van der Waals surface area contributed by atoms with E-state index in [4.69, 9.17) is 5.11 Å². The maximum Gasteiger partial charge on any atom is 0.0443 e. The van der Waals surface area contributed by atoms with E-state index in [1.807, 2.05) is 0 Å². The van der Waals surface area contributed by atoms with Gasteiger partial charge in [0.1, 0.15) is 0 Å². The lowest BCUT2D eigenvalue weighted by Crippen LogP contribution is -2.19. The Morgan fingerprint density at radius 3 is 3.08 bits per heavy atom. The lowest BCUT2D eigenvalue weighted by molar-refractivity contribution is 0.284. The third-order valence-electron chi connectivity index (χ3n) is 1.76. The van der Waals surface area contributed by atoms with Crippen LogP contribution >= 0.6 is 11.3 Å². The molecule has 3 heteroatoms. The maximum absolute atomic E-state index is 8.57. The van der Waals surface area contributed by atoms with Crippen LogP contribution in [0.25, 0.3) is 0 Å². The molecule has 0 aromatic carbocycles. The summed E-state index contributed by atoms with van der Waals surface area (Å²) in [6, 6.07) is 4.60. The van der Waals surface area contributed by atoms with Crippen LogP contribution in [0.4, 0.5) is 0 Å². The second kappa shape index (κ2) is 5.30. The van der Waals surface area contributed by atoms with E-state index in [1.54, 1.807) is 11.3 Å². The maximum atomic E-state index is 8.57. The first-order valence-electron chi connectivity index (χ1n) is 4.22. The van der Waals surface area contributed by atoms with Crippen LogP contribution < -0.4 is 5.32 Å². The van der Waals surface area contributed by atoms with Gasteiger partial charge in [0.2, 0.25) is 0 Å². The Kier molecular flexibility index (Phi) is 4.29. The van der Waals surface area contributed by atoms with Crippen LogP contribution in [0.2, 0.25) is 0 Å². The molecule has 0 aliphatic heterocycles. The standard InChI is InChI=1S/C9H15NOS/c1-8(10-5-3-6-11)9-4-2-7-12-9/h2,4,7-8,10-11H,3,5-6H2,1H3/t8-/m1/s1. The zero-order valence-corrected chi connectivity index (χ0v) is 8.10. The van der Waals surface area contributed by atoms with Gasteiger partial charge in [-0.3, -0.25) is 0 Å². The van der Waals surface area contributed by atoms with Crippen LogP contribution in [0.15, 0.2) is 17.5 Å². The van der Waals surface area contributed by atoms with Crippen molar-refractivity contribution in [3.05, 3.63) is 22.4 Å². The molecule has 0 fully saturated rings. The van der Waals surface area contributed by atoms with E-state index in [9.17, 15) is 0 Å². The van der Waals surface area contributed by atoms with Gasteiger partial charge in [-0.2, -0.15) is 0 Å². The number of hydrogen-bond donors (Lipinski definition) is 2. The lowest BCUT2D eigenvalue weighted by atomic mass is 10.2. The van der Waals surface area contributed by atoms with Crippen molar-refractivity contribution in [2.75, 3.05) is 13.2 Å². The molecule has 0 spiro atoms. The van der Waals surface area contributed by atoms with Gasteiger partial charge in [-0.15, -0.1) is 11.3 Å². The molecule has 1 rings (SSSR count). The first-order chi connectivity index (χ1) is 5.84. The zero-order chi connectivity index (χ0) is 8.81. The second-order valence-corrected chi connectivity index (χ2v) is 3.75. The number of thiophene rings is 1. The molecule has 12 heavy (non-hydrogen) atoms. The third kappa shape index (κ3) is 2.93. The number of aliphatic hydroxyl groups excluding tert-OH is 1. The fourth-order valence-electron chi connectivity index (χ4n) is 1.04. The predicted octanol–water partition coefficient (Wildman–Crippen LogP) is 1.78. The van der Waals surface area contributed by atoms with Gasteiger partial charge < -0.3 is 10.4 Å². The Balaban J connectivity index is 2.25. The molecule has 2 nitrogen and oxygen atoms in total. The van der Waals surface area contributed by atoms with Crippen LogP contribution in [-0.2, 0) is 0 Å². The van der Waals surface area contributed by atoms with E-state index in [0.717, 1.165) is 13.0 Å². The molecule has 0 radical (unpaired) electrons. The van der Waals surface area contributed by atoms with E-state index in [-0.39, 0.29) is 6.61 Å². The normalized spacial score (nSPS) is 13.2. The molecule has 0 aliphatic carbocycles. The van der Waals surface area contributed by atoms with E-state index in [2.05, 4.69) is 29.8 Å². The van der Waals surface area contributed by atoms with Crippen molar-refractivity contribution in [2.24, 2.45) is 0 Å². The number of nitrogens with one attached hydrogen (secondary N) is 1. The highest BCUT2D eigenvalue weighted by Gasteiger charge is 2.03. The highest BCUT2D eigenvalue weighted by Crippen LogP contribution is 2.17. The van der Waals surface area contributed by atoms with Gasteiger partial charge in [-0.25, -0.2) is 0 Å². The van der Waals surface area contributed by atoms with Crippen molar-refractivity contribution in [1.29, 1.82) is 0 Å². The topological polar surface area (TPSA) is 32.3 Å². The largest absolute Gasteiger partial charge is 0.396 e. The SMILES string of the molecule is C[C@@H](NCCCO)c1cccs1.